The van der Waals surface area contributed by atoms with Gasteiger partial charge in [0.15, 0.2) is 0 Å². The van der Waals surface area contributed by atoms with E-state index in [1.54, 1.807) is 0 Å². The summed E-state index contributed by atoms with van der Waals surface area (Å²) in [7, 11) is 0. The highest BCUT2D eigenvalue weighted by Crippen LogP contribution is 2.16. The fourth-order valence-electron chi connectivity index (χ4n) is 2.33. The van der Waals surface area contributed by atoms with Crippen LogP contribution in [-0.4, -0.2) is 0 Å². The van der Waals surface area contributed by atoms with E-state index >= 15 is 0 Å². The van der Waals surface area contributed by atoms with Gasteiger partial charge in [-0.25, -0.2) is 0 Å². The second-order valence-corrected chi connectivity index (χ2v) is 5.08. The first-order valence-electron chi connectivity index (χ1n) is 6.88. The third kappa shape index (κ3) is 4.24. The summed E-state index contributed by atoms with van der Waals surface area (Å²) >= 11 is 0. The molecule has 104 valence electrons. The van der Waals surface area contributed by atoms with Gasteiger partial charge in [-0.3, -0.25) is 0 Å². The van der Waals surface area contributed by atoms with Crippen molar-refractivity contribution < 1.29 is 0 Å². The molecule has 0 aliphatic heterocycles. The molecule has 0 aromatic heterocycles. The minimum absolute atomic E-state index is 1.22. The van der Waals surface area contributed by atoms with E-state index in [4.69, 9.17) is 0 Å². The Morgan fingerprint density at radius 3 is 1.70 bits per heavy atom. The predicted octanol–water partition coefficient (Wildman–Crippen LogP) is 5.89. The summed E-state index contributed by atoms with van der Waals surface area (Å²) in [6.07, 6.45) is 3.79. The molecule has 0 heteroatoms. The van der Waals surface area contributed by atoms with Crippen molar-refractivity contribution in [2.75, 3.05) is 0 Å². The first-order valence-corrected chi connectivity index (χ1v) is 6.88. The summed E-state index contributed by atoms with van der Waals surface area (Å²) in [5.74, 6) is 0. The maximum absolute atomic E-state index is 3.78. The van der Waals surface area contributed by atoms with Crippen molar-refractivity contribution in [2.24, 2.45) is 0 Å². The normalized spacial score (nSPS) is 9.40. The van der Waals surface area contributed by atoms with Crippen molar-refractivity contribution in [1.29, 1.82) is 0 Å². The summed E-state index contributed by atoms with van der Waals surface area (Å²) in [5.41, 5.74) is 7.74. The monoisotopic (exact) mass is 264 g/mol. The molecule has 0 saturated carbocycles. The molecule has 0 aliphatic carbocycles. The molecule has 0 fully saturated rings. The van der Waals surface area contributed by atoms with Gasteiger partial charge in [0.05, 0.1) is 0 Å². The number of hydrogen-bond donors (Lipinski definition) is 0. The summed E-state index contributed by atoms with van der Waals surface area (Å²) in [4.78, 5) is 0. The van der Waals surface area contributed by atoms with Crippen molar-refractivity contribution >= 4 is 12.2 Å². The molecule has 0 radical (unpaired) electrons. The average Bonchev–Trinajstić information content (AvgIpc) is 2.39. The Kier molecular flexibility index (Phi) is 5.99. The fourth-order valence-corrected chi connectivity index (χ4v) is 2.33. The smallest absolute Gasteiger partial charge is 0.0204 e. The second-order valence-electron chi connectivity index (χ2n) is 5.08. The molecule has 0 bridgehead atoms. The van der Waals surface area contributed by atoms with Crippen LogP contribution < -0.4 is 0 Å². The minimum Gasteiger partial charge on any atom is -0.0985 e. The first kappa shape index (κ1) is 16.0. The van der Waals surface area contributed by atoms with Crippen LogP contribution >= 0.6 is 0 Å². The van der Waals surface area contributed by atoms with Gasteiger partial charge >= 0.3 is 0 Å². The van der Waals surface area contributed by atoms with Gasteiger partial charge in [0.2, 0.25) is 0 Å². The first-order chi connectivity index (χ1) is 9.49. The highest BCUT2D eigenvalue weighted by Gasteiger charge is 1.98. The van der Waals surface area contributed by atoms with E-state index in [0.717, 1.165) is 0 Å². The summed E-state index contributed by atoms with van der Waals surface area (Å²) in [5, 5.41) is 0. The zero-order valence-corrected chi connectivity index (χ0v) is 13.0. The van der Waals surface area contributed by atoms with E-state index in [0.29, 0.717) is 0 Å². The molecule has 0 N–H and O–H groups in total. The molecule has 0 amide bonds. The molecule has 0 nitrogen and oxygen atoms in total. The van der Waals surface area contributed by atoms with Crippen molar-refractivity contribution in [1.82, 2.24) is 0 Å². The van der Waals surface area contributed by atoms with E-state index in [1.807, 2.05) is 24.3 Å². The number of benzene rings is 2. The van der Waals surface area contributed by atoms with Crippen LogP contribution in [0, 0.1) is 27.7 Å². The Hall–Kier alpha value is -2.08. The summed E-state index contributed by atoms with van der Waals surface area (Å²) in [6.45, 7) is 15.9. The van der Waals surface area contributed by atoms with Gasteiger partial charge in [0.25, 0.3) is 0 Å². The van der Waals surface area contributed by atoms with Gasteiger partial charge in [0, 0.05) is 0 Å². The van der Waals surface area contributed by atoms with Crippen LogP contribution in [0.15, 0.2) is 49.6 Å². The Bertz CT molecular complexity index is 580. The van der Waals surface area contributed by atoms with Crippen LogP contribution in [0.2, 0.25) is 0 Å². The lowest BCUT2D eigenvalue weighted by Crippen LogP contribution is -1.87. The molecule has 0 heterocycles. The van der Waals surface area contributed by atoms with Crippen molar-refractivity contribution in [3.05, 3.63) is 82.9 Å². The highest BCUT2D eigenvalue weighted by atomic mass is 14.0. The molecule has 2 aromatic carbocycles. The van der Waals surface area contributed by atoms with E-state index in [1.165, 1.54) is 33.4 Å². The van der Waals surface area contributed by atoms with Gasteiger partial charge in [0.1, 0.15) is 0 Å². The Labute approximate surface area is 123 Å². The van der Waals surface area contributed by atoms with Crippen LogP contribution in [0.3, 0.4) is 0 Å². The standard InChI is InChI=1S/C11H14.C9H10/c1-5-11-9(3)6-8(2)7-10(11)4;1-3-9-7-5-4-6-8(9)2/h5-7H,1H2,2-4H3;3-7H,1H2,2H3. The molecule has 2 aromatic rings. The van der Waals surface area contributed by atoms with Crippen LogP contribution in [0.5, 0.6) is 0 Å². The van der Waals surface area contributed by atoms with Crippen molar-refractivity contribution in [3.8, 4) is 0 Å². The van der Waals surface area contributed by atoms with Gasteiger partial charge < -0.3 is 0 Å². The zero-order valence-electron chi connectivity index (χ0n) is 13.0. The zero-order chi connectivity index (χ0) is 15.1. The Balaban J connectivity index is 0.000000204. The molecule has 0 atom stereocenters. The largest absolute Gasteiger partial charge is 0.0985 e. The maximum Gasteiger partial charge on any atom is -0.0204 e. The number of aryl methyl sites for hydroxylation is 4. The van der Waals surface area contributed by atoms with Crippen molar-refractivity contribution in [3.63, 3.8) is 0 Å². The lowest BCUT2D eigenvalue weighted by Gasteiger charge is -2.05. The molecule has 2 rings (SSSR count). The van der Waals surface area contributed by atoms with E-state index < -0.39 is 0 Å². The number of hydrogen-bond acceptors (Lipinski definition) is 0. The summed E-state index contributed by atoms with van der Waals surface area (Å²) < 4.78 is 0. The maximum atomic E-state index is 3.78. The molecule has 0 unspecified atom stereocenters. The van der Waals surface area contributed by atoms with Crippen LogP contribution in [0.1, 0.15) is 33.4 Å². The van der Waals surface area contributed by atoms with E-state index in [2.05, 4.69) is 65.1 Å². The average molecular weight is 264 g/mol. The van der Waals surface area contributed by atoms with Gasteiger partial charge in [-0.1, -0.05) is 67.3 Å². The number of rotatable bonds is 2. The Morgan fingerprint density at radius 2 is 1.30 bits per heavy atom. The van der Waals surface area contributed by atoms with Crippen LogP contribution in [0.4, 0.5) is 0 Å². The van der Waals surface area contributed by atoms with Crippen molar-refractivity contribution in [2.45, 2.75) is 27.7 Å². The highest BCUT2D eigenvalue weighted by molar-refractivity contribution is 5.56. The quantitative estimate of drug-likeness (QED) is 0.634. The van der Waals surface area contributed by atoms with Crippen LogP contribution in [0.25, 0.3) is 12.2 Å². The minimum atomic E-state index is 1.22. The van der Waals surface area contributed by atoms with E-state index in [-0.39, 0.29) is 0 Å². The second kappa shape index (κ2) is 7.49. The van der Waals surface area contributed by atoms with Gasteiger partial charge in [-0.2, -0.15) is 0 Å². The Morgan fingerprint density at radius 1 is 0.750 bits per heavy atom. The third-order valence-corrected chi connectivity index (χ3v) is 3.35. The van der Waals surface area contributed by atoms with Gasteiger partial charge in [-0.05, 0) is 55.5 Å². The van der Waals surface area contributed by atoms with Crippen LogP contribution in [-0.2, 0) is 0 Å². The molecular weight excluding hydrogens is 240 g/mol. The van der Waals surface area contributed by atoms with Gasteiger partial charge in [-0.15, -0.1) is 0 Å². The lowest BCUT2D eigenvalue weighted by atomic mass is 10.0. The molecule has 0 aliphatic rings. The molecule has 0 saturated heterocycles. The summed E-state index contributed by atoms with van der Waals surface area (Å²) in [6, 6.07) is 12.6. The fraction of sp³-hybridized carbons (Fsp3) is 0.200. The lowest BCUT2D eigenvalue weighted by molar-refractivity contribution is 1.30. The predicted molar refractivity (Wildman–Crippen MR) is 92.0 cm³/mol. The molecular formula is C20H24. The topological polar surface area (TPSA) is 0 Å². The molecule has 20 heavy (non-hydrogen) atoms. The third-order valence-electron chi connectivity index (χ3n) is 3.35. The SMILES string of the molecule is C=Cc1c(C)cc(C)cc1C.C=Cc1ccccc1C. The van der Waals surface area contributed by atoms with E-state index in [9.17, 15) is 0 Å². The molecule has 0 spiro atoms.